The summed E-state index contributed by atoms with van der Waals surface area (Å²) >= 11 is 0. The van der Waals surface area contributed by atoms with Gasteiger partial charge in [-0.3, -0.25) is 19.3 Å². The summed E-state index contributed by atoms with van der Waals surface area (Å²) in [5.74, 6) is -0.155. The van der Waals surface area contributed by atoms with E-state index in [2.05, 4.69) is 10.6 Å². The van der Waals surface area contributed by atoms with Crippen molar-refractivity contribution >= 4 is 29.3 Å². The predicted octanol–water partition coefficient (Wildman–Crippen LogP) is 2.70. The molecule has 0 bridgehead atoms. The Balaban J connectivity index is 1.48. The predicted molar refractivity (Wildman–Crippen MR) is 119 cm³/mol. The molecule has 172 valence electrons. The Kier molecular flexibility index (Phi) is 5.80. The number of Topliss-reactive ketones (excluding diaryl/α,β-unsaturated/α-hetero) is 1. The van der Waals surface area contributed by atoms with E-state index in [1.165, 1.54) is 0 Å². The minimum Gasteiger partial charge on any atom is -0.486 e. The number of carbonyl (C=O) groups excluding carboxylic acids is 4. The summed E-state index contributed by atoms with van der Waals surface area (Å²) < 4.78 is 11.1. The van der Waals surface area contributed by atoms with E-state index in [-0.39, 0.29) is 11.8 Å². The highest BCUT2D eigenvalue weighted by Gasteiger charge is 2.49. The van der Waals surface area contributed by atoms with Gasteiger partial charge in [0, 0.05) is 17.2 Å². The van der Waals surface area contributed by atoms with Gasteiger partial charge in [0.1, 0.15) is 18.8 Å². The van der Waals surface area contributed by atoms with Crippen LogP contribution < -0.4 is 20.1 Å². The van der Waals surface area contributed by atoms with Gasteiger partial charge in [-0.1, -0.05) is 19.9 Å². The Morgan fingerprint density at radius 2 is 1.73 bits per heavy atom. The summed E-state index contributed by atoms with van der Waals surface area (Å²) in [6.45, 7) is 5.60. The highest BCUT2D eigenvalue weighted by molar-refractivity contribution is 6.11. The molecule has 1 fully saturated rings. The van der Waals surface area contributed by atoms with Gasteiger partial charge >= 0.3 is 6.03 Å². The van der Waals surface area contributed by atoms with Gasteiger partial charge < -0.3 is 20.1 Å². The lowest BCUT2D eigenvalue weighted by Gasteiger charge is -2.25. The number of carbonyl (C=O) groups is 4. The molecular formula is C24H25N3O6. The minimum absolute atomic E-state index is 0.133. The largest absolute Gasteiger partial charge is 0.486 e. The Morgan fingerprint density at radius 3 is 2.39 bits per heavy atom. The smallest absolute Gasteiger partial charge is 0.325 e. The number of hydrogen-bond donors (Lipinski definition) is 2. The number of benzene rings is 2. The van der Waals surface area contributed by atoms with Crippen molar-refractivity contribution in [3.8, 4) is 11.5 Å². The van der Waals surface area contributed by atoms with E-state index in [4.69, 9.17) is 9.47 Å². The Hall–Kier alpha value is -3.88. The number of fused-ring (bicyclic) bond motifs is 1. The highest BCUT2D eigenvalue weighted by Crippen LogP contribution is 2.36. The minimum atomic E-state index is -1.34. The monoisotopic (exact) mass is 451 g/mol. The van der Waals surface area contributed by atoms with Crippen molar-refractivity contribution in [3.63, 3.8) is 0 Å². The van der Waals surface area contributed by atoms with Crippen LogP contribution in [0.5, 0.6) is 11.5 Å². The molecule has 1 saturated heterocycles. The normalized spacial score (nSPS) is 19.5. The number of rotatable bonds is 6. The van der Waals surface area contributed by atoms with E-state index in [0.29, 0.717) is 41.5 Å². The number of amides is 4. The second-order valence-corrected chi connectivity index (χ2v) is 8.45. The third-order valence-electron chi connectivity index (χ3n) is 5.70. The third kappa shape index (κ3) is 4.26. The lowest BCUT2D eigenvalue weighted by molar-refractivity contribution is -0.130. The molecule has 2 aliphatic rings. The van der Waals surface area contributed by atoms with Gasteiger partial charge in [-0.05, 0) is 48.9 Å². The molecule has 2 heterocycles. The van der Waals surface area contributed by atoms with E-state index in [0.717, 1.165) is 4.90 Å². The molecule has 1 atom stereocenters. The molecule has 2 N–H and O–H groups in total. The second-order valence-electron chi connectivity index (χ2n) is 8.45. The maximum atomic E-state index is 13.2. The van der Waals surface area contributed by atoms with Crippen LogP contribution in [0.15, 0.2) is 42.5 Å². The van der Waals surface area contributed by atoms with E-state index < -0.39 is 29.8 Å². The zero-order valence-corrected chi connectivity index (χ0v) is 18.6. The van der Waals surface area contributed by atoms with Crippen molar-refractivity contribution in [3.05, 3.63) is 53.6 Å². The van der Waals surface area contributed by atoms with E-state index in [9.17, 15) is 19.2 Å². The van der Waals surface area contributed by atoms with Crippen molar-refractivity contribution in [1.29, 1.82) is 0 Å². The Bertz CT molecular complexity index is 1130. The summed E-state index contributed by atoms with van der Waals surface area (Å²) in [7, 11) is 0. The number of nitrogens with one attached hydrogen (secondary N) is 2. The lowest BCUT2D eigenvalue weighted by Crippen LogP contribution is -2.41. The maximum absolute atomic E-state index is 13.2. The average molecular weight is 451 g/mol. The van der Waals surface area contributed by atoms with Crippen molar-refractivity contribution in [2.24, 2.45) is 5.92 Å². The molecule has 2 aromatic rings. The van der Waals surface area contributed by atoms with Gasteiger partial charge in [0.25, 0.3) is 5.91 Å². The molecule has 0 unspecified atom stereocenters. The molecule has 0 radical (unpaired) electrons. The first-order valence-electron chi connectivity index (χ1n) is 10.7. The molecule has 4 rings (SSSR count). The quantitative estimate of drug-likeness (QED) is 0.516. The van der Waals surface area contributed by atoms with Gasteiger partial charge in [-0.15, -0.1) is 0 Å². The molecule has 0 spiro atoms. The number of anilines is 1. The first-order chi connectivity index (χ1) is 15.7. The number of ketones is 1. The van der Waals surface area contributed by atoms with Crippen LogP contribution in [0, 0.1) is 5.92 Å². The molecule has 33 heavy (non-hydrogen) atoms. The topological polar surface area (TPSA) is 114 Å². The third-order valence-corrected chi connectivity index (χ3v) is 5.70. The first-order valence-corrected chi connectivity index (χ1v) is 10.7. The number of urea groups is 1. The Morgan fingerprint density at radius 1 is 1.06 bits per heavy atom. The number of hydrogen-bond acceptors (Lipinski definition) is 6. The van der Waals surface area contributed by atoms with Crippen molar-refractivity contribution < 1.29 is 28.7 Å². The SMILES string of the molecule is CC(C)C(=O)Nc1ccc(C(=O)CN2C(=O)N[C@](C)(c3ccc4c(c3)OCCO4)C2=O)cc1. The van der Waals surface area contributed by atoms with Gasteiger partial charge in [-0.2, -0.15) is 0 Å². The summed E-state index contributed by atoms with van der Waals surface area (Å²) in [5.41, 5.74) is 0.0841. The molecule has 2 aliphatic heterocycles. The molecule has 4 amide bonds. The molecular weight excluding hydrogens is 426 g/mol. The van der Waals surface area contributed by atoms with Crippen LogP contribution in [0.1, 0.15) is 36.7 Å². The van der Waals surface area contributed by atoms with Gasteiger partial charge in [0.15, 0.2) is 17.3 Å². The van der Waals surface area contributed by atoms with Crippen molar-refractivity contribution in [1.82, 2.24) is 10.2 Å². The van der Waals surface area contributed by atoms with Crippen molar-refractivity contribution in [2.75, 3.05) is 25.1 Å². The zero-order valence-electron chi connectivity index (χ0n) is 18.6. The molecule has 0 saturated carbocycles. The molecule has 0 aromatic heterocycles. The van der Waals surface area contributed by atoms with E-state index in [1.54, 1.807) is 63.2 Å². The number of imide groups is 1. The van der Waals surface area contributed by atoms with Crippen LogP contribution >= 0.6 is 0 Å². The maximum Gasteiger partial charge on any atom is 0.325 e. The van der Waals surface area contributed by atoms with Gasteiger partial charge in [0.2, 0.25) is 5.91 Å². The average Bonchev–Trinajstić information content (AvgIpc) is 3.02. The van der Waals surface area contributed by atoms with Crippen molar-refractivity contribution in [2.45, 2.75) is 26.3 Å². The first kappa shape index (κ1) is 22.3. The second kappa shape index (κ2) is 8.57. The molecule has 0 aliphatic carbocycles. The van der Waals surface area contributed by atoms with Crippen LogP contribution in [0.2, 0.25) is 0 Å². The van der Waals surface area contributed by atoms with Gasteiger partial charge in [0.05, 0.1) is 6.54 Å². The lowest BCUT2D eigenvalue weighted by atomic mass is 9.91. The fourth-order valence-electron chi connectivity index (χ4n) is 3.65. The van der Waals surface area contributed by atoms with Gasteiger partial charge in [-0.25, -0.2) is 4.79 Å². The number of ether oxygens (including phenoxy) is 2. The number of nitrogens with zero attached hydrogens (tertiary/aromatic N) is 1. The van der Waals surface area contributed by atoms with Crippen LogP contribution in [0.4, 0.5) is 10.5 Å². The zero-order chi connectivity index (χ0) is 23.8. The van der Waals surface area contributed by atoms with Crippen LogP contribution in [0.25, 0.3) is 0 Å². The summed E-state index contributed by atoms with van der Waals surface area (Å²) in [6.07, 6.45) is 0. The summed E-state index contributed by atoms with van der Waals surface area (Å²) in [5, 5.41) is 5.44. The van der Waals surface area contributed by atoms with E-state index >= 15 is 0 Å². The summed E-state index contributed by atoms with van der Waals surface area (Å²) in [4.78, 5) is 51.3. The standard InChI is InChI=1S/C24H25N3O6/c1-14(2)21(29)25-17-7-4-15(5-8-17)18(28)13-27-22(30)24(3,26-23(27)31)16-6-9-19-20(12-16)33-11-10-32-19/h4-9,12,14H,10-11,13H2,1-3H3,(H,25,29)(H,26,31)/t24-/m1/s1. The van der Waals surface area contributed by atoms with E-state index in [1.807, 2.05) is 0 Å². The molecule has 2 aromatic carbocycles. The van der Waals surface area contributed by atoms with Crippen LogP contribution in [0.3, 0.4) is 0 Å². The highest BCUT2D eigenvalue weighted by atomic mass is 16.6. The fourth-order valence-corrected chi connectivity index (χ4v) is 3.65. The summed E-state index contributed by atoms with van der Waals surface area (Å²) in [6, 6.07) is 10.7. The van der Waals surface area contributed by atoms with Crippen LogP contribution in [-0.4, -0.2) is 48.3 Å². The van der Waals surface area contributed by atoms with Crippen LogP contribution in [-0.2, 0) is 15.1 Å². The molecule has 9 heteroatoms. The molecule has 9 nitrogen and oxygen atoms in total. The Labute approximate surface area is 191 Å². The fraction of sp³-hybridized carbons (Fsp3) is 0.333.